The van der Waals surface area contributed by atoms with Gasteiger partial charge in [0, 0.05) is 43.6 Å². The Kier molecular flexibility index (Phi) is 5.47. The van der Waals surface area contributed by atoms with Crippen LogP contribution in [-0.4, -0.2) is 40.6 Å². The highest BCUT2D eigenvalue weighted by molar-refractivity contribution is 5.88. The van der Waals surface area contributed by atoms with Crippen LogP contribution in [0.15, 0.2) is 83.9 Å². The van der Waals surface area contributed by atoms with E-state index in [1.165, 1.54) is 22.5 Å². The molecule has 6 rings (SSSR count). The molecule has 5 heteroatoms. The molecule has 1 aromatic heterocycles. The fraction of sp³-hybridized carbons (Fsp3) is 0.241. The van der Waals surface area contributed by atoms with E-state index in [1.807, 2.05) is 28.8 Å². The summed E-state index contributed by atoms with van der Waals surface area (Å²) in [4.78, 5) is 22.5. The SMILES string of the molecule is O=c1c2ccccc2ncn1C1CCN(CCN2c3ccccc3C=Cc3ccccc32)CC1. The zero-order valence-electron chi connectivity index (χ0n) is 19.2. The van der Waals surface area contributed by atoms with Gasteiger partial charge in [0.25, 0.3) is 5.56 Å². The molecule has 1 fully saturated rings. The summed E-state index contributed by atoms with van der Waals surface area (Å²) < 4.78 is 1.85. The highest BCUT2D eigenvalue weighted by Crippen LogP contribution is 2.36. The van der Waals surface area contributed by atoms with E-state index in [4.69, 9.17) is 0 Å². The Bertz CT molecular complexity index is 1370. The quantitative estimate of drug-likeness (QED) is 0.422. The molecule has 5 nitrogen and oxygen atoms in total. The smallest absolute Gasteiger partial charge is 0.261 e. The summed E-state index contributed by atoms with van der Waals surface area (Å²) in [6.45, 7) is 3.89. The van der Waals surface area contributed by atoms with Crippen molar-refractivity contribution in [1.82, 2.24) is 14.5 Å². The van der Waals surface area contributed by atoms with Crippen LogP contribution in [0.2, 0.25) is 0 Å². The molecule has 0 unspecified atom stereocenters. The van der Waals surface area contributed by atoms with E-state index in [0.29, 0.717) is 5.39 Å². The number of hydrogen-bond donors (Lipinski definition) is 0. The van der Waals surface area contributed by atoms with E-state index < -0.39 is 0 Å². The molecule has 0 radical (unpaired) electrons. The van der Waals surface area contributed by atoms with Gasteiger partial charge in [-0.25, -0.2) is 4.98 Å². The number of rotatable bonds is 4. The second kappa shape index (κ2) is 8.92. The molecule has 34 heavy (non-hydrogen) atoms. The predicted octanol–water partition coefficient (Wildman–Crippen LogP) is 5.36. The zero-order valence-corrected chi connectivity index (χ0v) is 19.2. The molecule has 3 aromatic carbocycles. The maximum absolute atomic E-state index is 13.0. The molecular formula is C29H28N4O. The van der Waals surface area contributed by atoms with Gasteiger partial charge in [-0.15, -0.1) is 0 Å². The molecule has 0 atom stereocenters. The number of para-hydroxylation sites is 3. The predicted molar refractivity (Wildman–Crippen MR) is 140 cm³/mol. The van der Waals surface area contributed by atoms with Gasteiger partial charge in [0.15, 0.2) is 0 Å². The van der Waals surface area contributed by atoms with E-state index in [-0.39, 0.29) is 11.6 Å². The molecule has 0 spiro atoms. The van der Waals surface area contributed by atoms with Crippen LogP contribution in [0, 0.1) is 0 Å². The fourth-order valence-corrected chi connectivity index (χ4v) is 5.30. The van der Waals surface area contributed by atoms with Crippen molar-refractivity contribution in [3.8, 4) is 0 Å². The maximum Gasteiger partial charge on any atom is 0.261 e. The Morgan fingerprint density at radius 1 is 0.765 bits per heavy atom. The van der Waals surface area contributed by atoms with Crippen molar-refractivity contribution in [2.45, 2.75) is 18.9 Å². The molecule has 2 aliphatic rings. The Balaban J connectivity index is 1.17. The number of nitrogens with zero attached hydrogens (tertiary/aromatic N) is 4. The van der Waals surface area contributed by atoms with Crippen molar-refractivity contribution < 1.29 is 0 Å². The summed E-state index contributed by atoms with van der Waals surface area (Å²) in [6.07, 6.45) is 8.11. The van der Waals surface area contributed by atoms with Crippen molar-refractivity contribution in [3.63, 3.8) is 0 Å². The molecule has 2 aliphatic heterocycles. The molecule has 1 saturated heterocycles. The number of fused-ring (bicyclic) bond motifs is 3. The normalized spacial score (nSPS) is 16.3. The average molecular weight is 449 g/mol. The second-order valence-electron chi connectivity index (χ2n) is 9.15. The molecule has 0 saturated carbocycles. The molecule has 0 amide bonds. The molecular weight excluding hydrogens is 420 g/mol. The minimum atomic E-state index is 0.0781. The van der Waals surface area contributed by atoms with Crippen molar-refractivity contribution in [1.29, 1.82) is 0 Å². The van der Waals surface area contributed by atoms with Gasteiger partial charge in [-0.3, -0.25) is 9.36 Å². The first kappa shape index (κ1) is 20.9. The van der Waals surface area contributed by atoms with Gasteiger partial charge >= 0.3 is 0 Å². The number of hydrogen-bond acceptors (Lipinski definition) is 4. The molecule has 0 bridgehead atoms. The lowest BCUT2D eigenvalue weighted by Crippen LogP contribution is -2.41. The summed E-state index contributed by atoms with van der Waals surface area (Å²) in [5.41, 5.74) is 5.86. The van der Waals surface area contributed by atoms with E-state index >= 15 is 0 Å². The van der Waals surface area contributed by atoms with E-state index in [9.17, 15) is 4.79 Å². The summed E-state index contributed by atoms with van der Waals surface area (Å²) in [6, 6.07) is 25.1. The van der Waals surface area contributed by atoms with E-state index in [1.54, 1.807) is 6.33 Å². The lowest BCUT2D eigenvalue weighted by molar-refractivity contribution is 0.188. The monoisotopic (exact) mass is 448 g/mol. The minimum Gasteiger partial charge on any atom is -0.339 e. The third kappa shape index (κ3) is 3.82. The highest BCUT2D eigenvalue weighted by atomic mass is 16.1. The van der Waals surface area contributed by atoms with Crippen molar-refractivity contribution in [2.75, 3.05) is 31.1 Å². The number of likely N-dealkylation sites (tertiary alicyclic amines) is 1. The van der Waals surface area contributed by atoms with Gasteiger partial charge in [0.05, 0.1) is 17.2 Å². The van der Waals surface area contributed by atoms with Crippen molar-refractivity contribution in [3.05, 3.63) is 101 Å². The van der Waals surface area contributed by atoms with Gasteiger partial charge in [-0.05, 0) is 48.2 Å². The van der Waals surface area contributed by atoms with Crippen molar-refractivity contribution >= 4 is 34.4 Å². The molecule has 170 valence electrons. The molecule has 0 aliphatic carbocycles. The van der Waals surface area contributed by atoms with Crippen LogP contribution < -0.4 is 10.5 Å². The fourth-order valence-electron chi connectivity index (χ4n) is 5.30. The van der Waals surface area contributed by atoms with Gasteiger partial charge in [0.2, 0.25) is 0 Å². The number of anilines is 2. The average Bonchev–Trinajstić information content (AvgIpc) is 3.05. The number of benzene rings is 3. The second-order valence-corrected chi connectivity index (χ2v) is 9.15. The van der Waals surface area contributed by atoms with Crippen LogP contribution in [-0.2, 0) is 0 Å². The zero-order chi connectivity index (χ0) is 22.9. The summed E-state index contributed by atoms with van der Waals surface area (Å²) in [5, 5.41) is 0.708. The summed E-state index contributed by atoms with van der Waals surface area (Å²) in [7, 11) is 0. The summed E-state index contributed by atoms with van der Waals surface area (Å²) in [5.74, 6) is 0. The van der Waals surface area contributed by atoms with E-state index in [2.05, 4.69) is 75.5 Å². The Labute approximate surface area is 199 Å². The van der Waals surface area contributed by atoms with Crippen LogP contribution >= 0.6 is 0 Å². The Hall–Kier alpha value is -3.70. The molecule has 4 aromatic rings. The van der Waals surface area contributed by atoms with Crippen LogP contribution in [0.25, 0.3) is 23.1 Å². The van der Waals surface area contributed by atoms with Gasteiger partial charge in [-0.1, -0.05) is 60.7 Å². The largest absolute Gasteiger partial charge is 0.339 e. The van der Waals surface area contributed by atoms with E-state index in [0.717, 1.165) is 44.5 Å². The first-order chi connectivity index (χ1) is 16.8. The number of piperidine rings is 1. The maximum atomic E-state index is 13.0. The molecule has 3 heterocycles. The van der Waals surface area contributed by atoms with Gasteiger partial charge in [0.1, 0.15) is 0 Å². The topological polar surface area (TPSA) is 41.4 Å². The lowest BCUT2D eigenvalue weighted by atomic mass is 10.0. The Morgan fingerprint density at radius 2 is 1.38 bits per heavy atom. The van der Waals surface area contributed by atoms with Crippen LogP contribution in [0.5, 0.6) is 0 Å². The first-order valence-electron chi connectivity index (χ1n) is 12.1. The van der Waals surface area contributed by atoms with Gasteiger partial charge in [-0.2, -0.15) is 0 Å². The standard InChI is InChI=1S/C29H28N4O/c34-29-25-9-3-4-10-26(25)30-21-33(29)24-15-17-31(18-16-24)19-20-32-27-11-5-1-7-22(27)13-14-23-8-2-6-12-28(23)32/h1-14,21,24H,15-20H2. The number of aromatic nitrogens is 2. The van der Waals surface area contributed by atoms with Gasteiger partial charge < -0.3 is 9.80 Å². The lowest BCUT2D eigenvalue weighted by Gasteiger charge is -2.35. The van der Waals surface area contributed by atoms with Crippen LogP contribution in [0.1, 0.15) is 30.0 Å². The third-order valence-corrected chi connectivity index (χ3v) is 7.18. The van der Waals surface area contributed by atoms with Crippen molar-refractivity contribution in [2.24, 2.45) is 0 Å². The molecule has 0 N–H and O–H groups in total. The first-order valence-corrected chi connectivity index (χ1v) is 12.1. The Morgan fingerprint density at radius 3 is 2.09 bits per heavy atom. The van der Waals surface area contributed by atoms with Crippen LogP contribution in [0.3, 0.4) is 0 Å². The highest BCUT2D eigenvalue weighted by Gasteiger charge is 2.24. The third-order valence-electron chi connectivity index (χ3n) is 7.18. The van der Waals surface area contributed by atoms with Crippen LogP contribution in [0.4, 0.5) is 11.4 Å². The summed E-state index contributed by atoms with van der Waals surface area (Å²) >= 11 is 0. The minimum absolute atomic E-state index is 0.0781.